The lowest BCUT2D eigenvalue weighted by molar-refractivity contribution is 0.106. The van der Waals surface area contributed by atoms with Gasteiger partial charge in [-0.05, 0) is 57.1 Å². The third-order valence-electron chi connectivity index (χ3n) is 5.48. The highest BCUT2D eigenvalue weighted by molar-refractivity contribution is 5.15. The van der Waals surface area contributed by atoms with Gasteiger partial charge >= 0.3 is 0 Å². The molecule has 0 aromatic heterocycles. The summed E-state index contributed by atoms with van der Waals surface area (Å²) in [5.74, 6) is -0.147. The summed E-state index contributed by atoms with van der Waals surface area (Å²) in [5.41, 5.74) is 1.21. The van der Waals surface area contributed by atoms with Crippen molar-refractivity contribution in [1.82, 2.24) is 14.7 Å². The first-order chi connectivity index (χ1) is 11.2. The summed E-state index contributed by atoms with van der Waals surface area (Å²) in [5, 5.41) is 0. The van der Waals surface area contributed by atoms with Gasteiger partial charge in [0.1, 0.15) is 5.82 Å². The summed E-state index contributed by atoms with van der Waals surface area (Å²) >= 11 is 0. The third kappa shape index (κ3) is 5.00. The van der Waals surface area contributed by atoms with Crippen LogP contribution in [0.15, 0.2) is 24.3 Å². The van der Waals surface area contributed by atoms with Crippen LogP contribution >= 0.6 is 0 Å². The molecule has 1 aromatic carbocycles. The molecule has 0 saturated carbocycles. The van der Waals surface area contributed by atoms with Gasteiger partial charge in [-0.1, -0.05) is 18.6 Å². The van der Waals surface area contributed by atoms with Crippen LogP contribution in [0.5, 0.6) is 0 Å². The molecule has 2 aliphatic rings. The van der Waals surface area contributed by atoms with Crippen LogP contribution < -0.4 is 0 Å². The molecule has 3 rings (SSSR count). The molecule has 3 nitrogen and oxygen atoms in total. The molecule has 2 aliphatic heterocycles. The molecule has 4 heteroatoms. The van der Waals surface area contributed by atoms with Crippen LogP contribution in [0.1, 0.15) is 31.2 Å². The minimum atomic E-state index is -0.147. The second-order valence-electron chi connectivity index (χ2n) is 7.16. The highest BCUT2D eigenvalue weighted by Gasteiger charge is 2.21. The van der Waals surface area contributed by atoms with E-state index in [1.54, 1.807) is 12.1 Å². The Bertz CT molecular complexity index is 468. The van der Waals surface area contributed by atoms with E-state index in [1.807, 2.05) is 12.1 Å². The fourth-order valence-corrected chi connectivity index (χ4v) is 3.86. The van der Waals surface area contributed by atoms with Gasteiger partial charge in [0.15, 0.2) is 0 Å². The van der Waals surface area contributed by atoms with E-state index >= 15 is 0 Å². The lowest BCUT2D eigenvalue weighted by Gasteiger charge is -2.37. The highest BCUT2D eigenvalue weighted by atomic mass is 19.1. The fourth-order valence-electron chi connectivity index (χ4n) is 3.86. The van der Waals surface area contributed by atoms with E-state index in [2.05, 4.69) is 21.7 Å². The van der Waals surface area contributed by atoms with E-state index in [1.165, 1.54) is 44.3 Å². The predicted molar refractivity (Wildman–Crippen MR) is 93.0 cm³/mol. The van der Waals surface area contributed by atoms with E-state index in [9.17, 15) is 4.39 Å². The van der Waals surface area contributed by atoms with Gasteiger partial charge in [-0.25, -0.2) is 4.39 Å². The summed E-state index contributed by atoms with van der Waals surface area (Å²) < 4.78 is 13.0. The molecule has 128 valence electrons. The zero-order chi connectivity index (χ0) is 16.1. The Morgan fingerprint density at radius 1 is 0.957 bits per heavy atom. The molecule has 0 spiro atoms. The maximum absolute atomic E-state index is 13.0. The van der Waals surface area contributed by atoms with Gasteiger partial charge in [0.2, 0.25) is 0 Å². The van der Waals surface area contributed by atoms with Gasteiger partial charge in [0, 0.05) is 38.8 Å². The van der Waals surface area contributed by atoms with Crippen molar-refractivity contribution >= 4 is 0 Å². The first kappa shape index (κ1) is 16.9. The molecule has 0 amide bonds. The van der Waals surface area contributed by atoms with Crippen LogP contribution in [0.25, 0.3) is 0 Å². The number of benzene rings is 1. The third-order valence-corrected chi connectivity index (χ3v) is 5.48. The molecule has 0 radical (unpaired) electrons. The van der Waals surface area contributed by atoms with Crippen molar-refractivity contribution in [3.63, 3.8) is 0 Å². The van der Waals surface area contributed by atoms with E-state index in [-0.39, 0.29) is 5.82 Å². The Morgan fingerprint density at radius 3 is 2.35 bits per heavy atom. The van der Waals surface area contributed by atoms with Crippen molar-refractivity contribution in [3.05, 3.63) is 35.6 Å². The van der Waals surface area contributed by atoms with Crippen molar-refractivity contribution in [2.75, 3.05) is 46.3 Å². The first-order valence-corrected chi connectivity index (χ1v) is 9.10. The number of rotatable bonds is 5. The maximum atomic E-state index is 13.0. The van der Waals surface area contributed by atoms with Crippen LogP contribution in [-0.2, 0) is 6.54 Å². The summed E-state index contributed by atoms with van der Waals surface area (Å²) in [7, 11) is 2.28. The Hall–Kier alpha value is -0.970. The summed E-state index contributed by atoms with van der Waals surface area (Å²) in [4.78, 5) is 7.65. The molecule has 1 unspecified atom stereocenters. The van der Waals surface area contributed by atoms with Crippen LogP contribution in [0.2, 0.25) is 0 Å². The molecule has 0 N–H and O–H groups in total. The number of piperidine rings is 1. The Kier molecular flexibility index (Phi) is 6.03. The molecule has 2 saturated heterocycles. The highest BCUT2D eigenvalue weighted by Crippen LogP contribution is 2.18. The van der Waals surface area contributed by atoms with Crippen LogP contribution in [0.4, 0.5) is 4.39 Å². The summed E-state index contributed by atoms with van der Waals surface area (Å²) in [6.45, 7) is 8.03. The fraction of sp³-hybridized carbons (Fsp3) is 0.684. The lowest BCUT2D eigenvalue weighted by atomic mass is 10.00. The molecule has 1 atom stereocenters. The Labute approximate surface area is 140 Å². The average Bonchev–Trinajstić information content (AvgIpc) is 2.58. The molecule has 2 heterocycles. The normalized spacial score (nSPS) is 24.9. The minimum absolute atomic E-state index is 0.147. The predicted octanol–water partition coefficient (Wildman–Crippen LogP) is 2.82. The molecular weight excluding hydrogens is 289 g/mol. The van der Waals surface area contributed by atoms with E-state index in [0.29, 0.717) is 0 Å². The van der Waals surface area contributed by atoms with Gasteiger partial charge < -0.3 is 9.80 Å². The molecule has 23 heavy (non-hydrogen) atoms. The number of nitrogens with zero attached hydrogens (tertiary/aromatic N) is 3. The first-order valence-electron chi connectivity index (χ1n) is 9.10. The van der Waals surface area contributed by atoms with Crippen molar-refractivity contribution in [1.29, 1.82) is 0 Å². The van der Waals surface area contributed by atoms with Gasteiger partial charge in [-0.2, -0.15) is 0 Å². The van der Waals surface area contributed by atoms with Crippen molar-refractivity contribution in [3.8, 4) is 0 Å². The molecule has 1 aromatic rings. The molecule has 0 bridgehead atoms. The SMILES string of the molecule is CN1CCCCC1CCN1CCN(Cc2ccc(F)cc2)CC1. The number of halogens is 1. The van der Waals surface area contributed by atoms with Crippen LogP contribution in [0, 0.1) is 5.82 Å². The number of likely N-dealkylation sites (tertiary alicyclic amines) is 1. The standard InChI is InChI=1S/C19H30FN3/c1-21-10-3-2-4-19(21)9-11-22-12-14-23(15-13-22)16-17-5-7-18(20)8-6-17/h5-8,19H,2-4,9-16H2,1H3. The van der Waals surface area contributed by atoms with Gasteiger partial charge in [0.25, 0.3) is 0 Å². The van der Waals surface area contributed by atoms with Gasteiger partial charge in [-0.3, -0.25) is 4.90 Å². The van der Waals surface area contributed by atoms with Gasteiger partial charge in [0.05, 0.1) is 0 Å². The molecule has 0 aliphatic carbocycles. The van der Waals surface area contributed by atoms with Crippen LogP contribution in [-0.4, -0.2) is 67.1 Å². The second kappa shape index (κ2) is 8.22. The zero-order valence-electron chi connectivity index (χ0n) is 14.4. The second-order valence-corrected chi connectivity index (χ2v) is 7.16. The van der Waals surface area contributed by atoms with Gasteiger partial charge in [-0.15, -0.1) is 0 Å². The lowest BCUT2D eigenvalue weighted by Crippen LogP contribution is -2.47. The maximum Gasteiger partial charge on any atom is 0.123 e. The Balaban J connectivity index is 1.37. The Morgan fingerprint density at radius 2 is 1.65 bits per heavy atom. The zero-order valence-corrected chi connectivity index (χ0v) is 14.4. The topological polar surface area (TPSA) is 9.72 Å². The number of hydrogen-bond donors (Lipinski definition) is 0. The van der Waals surface area contributed by atoms with Crippen molar-refractivity contribution < 1.29 is 4.39 Å². The van der Waals surface area contributed by atoms with E-state index < -0.39 is 0 Å². The monoisotopic (exact) mass is 319 g/mol. The van der Waals surface area contributed by atoms with E-state index in [0.717, 1.165) is 38.8 Å². The largest absolute Gasteiger partial charge is 0.303 e. The summed E-state index contributed by atoms with van der Waals surface area (Å²) in [6, 6.07) is 7.72. The minimum Gasteiger partial charge on any atom is -0.303 e. The smallest absolute Gasteiger partial charge is 0.123 e. The number of piperazine rings is 1. The van der Waals surface area contributed by atoms with Crippen LogP contribution in [0.3, 0.4) is 0 Å². The average molecular weight is 319 g/mol. The van der Waals surface area contributed by atoms with Crippen molar-refractivity contribution in [2.45, 2.75) is 38.3 Å². The number of hydrogen-bond acceptors (Lipinski definition) is 3. The summed E-state index contributed by atoms with van der Waals surface area (Å²) in [6.07, 6.45) is 5.46. The van der Waals surface area contributed by atoms with Crippen molar-refractivity contribution in [2.24, 2.45) is 0 Å². The van der Waals surface area contributed by atoms with E-state index in [4.69, 9.17) is 0 Å². The quantitative estimate of drug-likeness (QED) is 0.826. The molecular formula is C19H30FN3. The molecule has 2 fully saturated rings.